The van der Waals surface area contributed by atoms with Crippen LogP contribution in [-0.4, -0.2) is 47.1 Å². The summed E-state index contributed by atoms with van der Waals surface area (Å²) in [5.41, 5.74) is 3.60. The van der Waals surface area contributed by atoms with Crippen LogP contribution in [0.3, 0.4) is 0 Å². The molecule has 0 aliphatic heterocycles. The third kappa shape index (κ3) is 5.32. The molecule has 1 heterocycles. The fraction of sp³-hybridized carbons (Fsp3) is 0.450. The van der Waals surface area contributed by atoms with Crippen LogP contribution < -0.4 is 10.1 Å². The molecule has 1 unspecified atom stereocenters. The molecule has 0 saturated carbocycles. The summed E-state index contributed by atoms with van der Waals surface area (Å²) >= 11 is 0. The van der Waals surface area contributed by atoms with E-state index >= 15 is 0 Å². The van der Waals surface area contributed by atoms with E-state index in [2.05, 4.69) is 15.5 Å². The number of hydrogen-bond acceptors (Lipinski definition) is 4. The molecule has 1 aromatic carbocycles. The van der Waals surface area contributed by atoms with Crippen molar-refractivity contribution in [1.82, 2.24) is 15.1 Å². The third-order valence-electron chi connectivity index (χ3n) is 4.58. The van der Waals surface area contributed by atoms with E-state index in [0.717, 1.165) is 17.0 Å². The van der Waals surface area contributed by atoms with Gasteiger partial charge >= 0.3 is 0 Å². The van der Waals surface area contributed by atoms with Gasteiger partial charge in [-0.1, -0.05) is 13.0 Å². The average molecular weight is 372 g/mol. The topological polar surface area (TPSA) is 87.3 Å². The molecule has 7 nitrogen and oxygen atoms in total. The fourth-order valence-electron chi connectivity index (χ4n) is 3.23. The van der Waals surface area contributed by atoms with Gasteiger partial charge < -0.3 is 15.0 Å². The highest BCUT2D eigenvalue weighted by molar-refractivity contribution is 5.94. The number of hydrogen-bond donors (Lipinski definition) is 2. The maximum absolute atomic E-state index is 12.7. The first kappa shape index (κ1) is 20.5. The number of likely N-dealkylation sites (N-methyl/N-ethyl adjacent to an activating group) is 1. The number of amides is 2. The fourth-order valence-corrected chi connectivity index (χ4v) is 3.23. The molecule has 0 radical (unpaired) electrons. The summed E-state index contributed by atoms with van der Waals surface area (Å²) in [6, 6.07) is 7.13. The van der Waals surface area contributed by atoms with Gasteiger partial charge in [0, 0.05) is 30.4 Å². The first-order valence-electron chi connectivity index (χ1n) is 9.08. The number of carbonyl (C=O) groups is 2. The molecule has 0 saturated heterocycles. The first-order valence-corrected chi connectivity index (χ1v) is 9.08. The Kier molecular flexibility index (Phi) is 6.98. The number of benzene rings is 1. The number of nitrogens with zero attached hydrogens (tertiary/aromatic N) is 2. The Balaban J connectivity index is 1.96. The minimum Gasteiger partial charge on any atom is -0.497 e. The molecule has 1 atom stereocenters. The molecule has 0 fully saturated rings. The summed E-state index contributed by atoms with van der Waals surface area (Å²) in [6.07, 6.45) is 0.335. The predicted molar refractivity (Wildman–Crippen MR) is 105 cm³/mol. The molecule has 0 spiro atoms. The zero-order valence-electron chi connectivity index (χ0n) is 16.6. The van der Waals surface area contributed by atoms with Crippen molar-refractivity contribution in [2.75, 3.05) is 25.5 Å². The molecule has 7 heteroatoms. The van der Waals surface area contributed by atoms with Crippen LogP contribution in [0.25, 0.3) is 0 Å². The van der Waals surface area contributed by atoms with E-state index in [0.29, 0.717) is 24.4 Å². The average Bonchev–Trinajstić information content (AvgIpc) is 2.98. The molecule has 0 bridgehead atoms. The molecule has 2 amide bonds. The lowest BCUT2D eigenvalue weighted by Gasteiger charge is -2.22. The summed E-state index contributed by atoms with van der Waals surface area (Å²) < 4.78 is 5.15. The molecule has 146 valence electrons. The minimum absolute atomic E-state index is 0.0165. The number of aryl methyl sites for hydroxylation is 2. The zero-order valence-corrected chi connectivity index (χ0v) is 16.6. The molecule has 27 heavy (non-hydrogen) atoms. The minimum atomic E-state index is -0.234. The standard InChI is InChI=1S/C20H28N4O3/c1-6-24(12-18(25)21-16-8-7-9-17(11-16)27-5)19(26)10-13(2)20-14(3)22-23-15(20)4/h7-9,11,13H,6,10,12H2,1-5H3,(H,21,25)(H,22,23). The molecule has 0 aliphatic rings. The summed E-state index contributed by atoms with van der Waals surface area (Å²) in [6.45, 7) is 8.25. The lowest BCUT2D eigenvalue weighted by molar-refractivity contribution is -0.134. The van der Waals surface area contributed by atoms with E-state index in [9.17, 15) is 9.59 Å². The van der Waals surface area contributed by atoms with E-state index in [1.807, 2.05) is 27.7 Å². The number of methoxy groups -OCH3 is 1. The Morgan fingerprint density at radius 3 is 2.67 bits per heavy atom. The number of carbonyl (C=O) groups excluding carboxylic acids is 2. The second-order valence-corrected chi connectivity index (χ2v) is 6.64. The van der Waals surface area contributed by atoms with Crippen LogP contribution in [0, 0.1) is 13.8 Å². The van der Waals surface area contributed by atoms with Gasteiger partial charge in [-0.25, -0.2) is 0 Å². The highest BCUT2D eigenvalue weighted by Crippen LogP contribution is 2.25. The van der Waals surface area contributed by atoms with Crippen LogP contribution in [0.15, 0.2) is 24.3 Å². The van der Waals surface area contributed by atoms with Gasteiger partial charge in [0.05, 0.1) is 19.3 Å². The smallest absolute Gasteiger partial charge is 0.243 e. The highest BCUT2D eigenvalue weighted by atomic mass is 16.5. The Hall–Kier alpha value is -2.83. The van der Waals surface area contributed by atoms with Crippen molar-refractivity contribution in [3.8, 4) is 5.75 Å². The molecular formula is C20H28N4O3. The van der Waals surface area contributed by atoms with Crippen molar-refractivity contribution in [3.05, 3.63) is 41.2 Å². The van der Waals surface area contributed by atoms with Gasteiger partial charge in [-0.3, -0.25) is 14.7 Å². The van der Waals surface area contributed by atoms with Crippen LogP contribution in [0.4, 0.5) is 5.69 Å². The Morgan fingerprint density at radius 2 is 2.07 bits per heavy atom. The number of ether oxygens (including phenoxy) is 1. The van der Waals surface area contributed by atoms with Gasteiger partial charge in [-0.05, 0) is 44.4 Å². The van der Waals surface area contributed by atoms with E-state index < -0.39 is 0 Å². The van der Waals surface area contributed by atoms with Gasteiger partial charge in [-0.2, -0.15) is 5.10 Å². The molecule has 2 aromatic rings. The monoisotopic (exact) mass is 372 g/mol. The molecular weight excluding hydrogens is 344 g/mol. The first-order chi connectivity index (χ1) is 12.8. The molecule has 2 rings (SSSR count). The summed E-state index contributed by atoms with van der Waals surface area (Å²) in [5, 5.41) is 9.96. The highest BCUT2D eigenvalue weighted by Gasteiger charge is 2.22. The van der Waals surface area contributed by atoms with Gasteiger partial charge in [0.25, 0.3) is 0 Å². The maximum atomic E-state index is 12.7. The third-order valence-corrected chi connectivity index (χ3v) is 4.58. The molecule has 0 aliphatic carbocycles. The number of rotatable bonds is 8. The molecule has 2 N–H and O–H groups in total. The van der Waals surface area contributed by atoms with Gasteiger partial charge in [0.2, 0.25) is 11.8 Å². The van der Waals surface area contributed by atoms with Crippen molar-refractivity contribution in [1.29, 1.82) is 0 Å². The van der Waals surface area contributed by atoms with Crippen LogP contribution >= 0.6 is 0 Å². The van der Waals surface area contributed by atoms with Crippen LogP contribution in [0.5, 0.6) is 5.75 Å². The number of H-pyrrole nitrogens is 1. The van der Waals surface area contributed by atoms with Crippen molar-refractivity contribution in [2.24, 2.45) is 0 Å². The number of anilines is 1. The van der Waals surface area contributed by atoms with Crippen molar-refractivity contribution < 1.29 is 14.3 Å². The quantitative estimate of drug-likeness (QED) is 0.746. The number of aromatic amines is 1. The second kappa shape index (κ2) is 9.21. The second-order valence-electron chi connectivity index (χ2n) is 6.64. The van der Waals surface area contributed by atoms with Gasteiger partial charge in [0.15, 0.2) is 0 Å². The number of aromatic nitrogens is 2. The number of nitrogens with one attached hydrogen (secondary N) is 2. The van der Waals surface area contributed by atoms with Crippen LogP contribution in [-0.2, 0) is 9.59 Å². The van der Waals surface area contributed by atoms with Crippen molar-refractivity contribution in [2.45, 2.75) is 40.0 Å². The van der Waals surface area contributed by atoms with Crippen LogP contribution in [0.1, 0.15) is 43.1 Å². The zero-order chi connectivity index (χ0) is 20.0. The maximum Gasteiger partial charge on any atom is 0.243 e. The van der Waals surface area contributed by atoms with Crippen molar-refractivity contribution >= 4 is 17.5 Å². The lowest BCUT2D eigenvalue weighted by Crippen LogP contribution is -2.38. The summed E-state index contributed by atoms with van der Waals surface area (Å²) in [4.78, 5) is 26.6. The largest absolute Gasteiger partial charge is 0.497 e. The van der Waals surface area contributed by atoms with Gasteiger partial charge in [-0.15, -0.1) is 0 Å². The van der Waals surface area contributed by atoms with E-state index in [1.54, 1.807) is 36.3 Å². The van der Waals surface area contributed by atoms with Crippen LogP contribution in [0.2, 0.25) is 0 Å². The SMILES string of the molecule is CCN(CC(=O)Nc1cccc(OC)c1)C(=O)CC(C)c1c(C)n[nH]c1C. The lowest BCUT2D eigenvalue weighted by atomic mass is 9.95. The van der Waals surface area contributed by atoms with E-state index in [1.165, 1.54) is 0 Å². The van der Waals surface area contributed by atoms with E-state index in [4.69, 9.17) is 4.74 Å². The predicted octanol–water partition coefficient (Wildman–Crippen LogP) is 3.02. The van der Waals surface area contributed by atoms with Gasteiger partial charge in [0.1, 0.15) is 5.75 Å². The Bertz CT molecular complexity index is 781. The van der Waals surface area contributed by atoms with Crippen molar-refractivity contribution in [3.63, 3.8) is 0 Å². The Morgan fingerprint density at radius 1 is 1.33 bits per heavy atom. The summed E-state index contributed by atoms with van der Waals surface area (Å²) in [5.74, 6) is 0.412. The Labute approximate surface area is 160 Å². The molecule has 1 aromatic heterocycles. The normalized spacial score (nSPS) is 11.7. The van der Waals surface area contributed by atoms with E-state index in [-0.39, 0.29) is 24.3 Å². The summed E-state index contributed by atoms with van der Waals surface area (Å²) in [7, 11) is 1.57.